The summed E-state index contributed by atoms with van der Waals surface area (Å²) >= 11 is 1.47. The van der Waals surface area contributed by atoms with Crippen LogP contribution in [0.25, 0.3) is 0 Å². The van der Waals surface area contributed by atoms with Crippen molar-refractivity contribution in [2.45, 2.75) is 38.5 Å². The molecule has 2 heterocycles. The van der Waals surface area contributed by atoms with Gasteiger partial charge in [-0.25, -0.2) is 4.98 Å². The van der Waals surface area contributed by atoms with Gasteiger partial charge in [-0.15, -0.1) is 11.3 Å². The first-order valence-corrected chi connectivity index (χ1v) is 11.2. The van der Waals surface area contributed by atoms with Crippen molar-refractivity contribution >= 4 is 22.4 Å². The van der Waals surface area contributed by atoms with Crippen LogP contribution in [0.1, 0.15) is 36.6 Å². The zero-order valence-electron chi connectivity index (χ0n) is 17.3. The zero-order chi connectivity index (χ0) is 20.9. The van der Waals surface area contributed by atoms with E-state index in [0.717, 1.165) is 36.5 Å². The first kappa shape index (κ1) is 20.7. The van der Waals surface area contributed by atoms with E-state index < -0.39 is 0 Å². The molecule has 4 rings (SSSR count). The lowest BCUT2D eigenvalue weighted by Crippen LogP contribution is -2.44. The summed E-state index contributed by atoms with van der Waals surface area (Å²) in [7, 11) is 0. The maximum atomic E-state index is 13.2. The van der Waals surface area contributed by atoms with Crippen LogP contribution in [0.2, 0.25) is 0 Å². The number of benzene rings is 2. The van der Waals surface area contributed by atoms with Gasteiger partial charge in [0.15, 0.2) is 5.13 Å². The summed E-state index contributed by atoms with van der Waals surface area (Å²) in [5, 5.41) is 5.71. The number of carbonyl (C=O) groups is 1. The van der Waals surface area contributed by atoms with Crippen LogP contribution in [-0.2, 0) is 16.1 Å². The maximum Gasteiger partial charge on any atom is 0.238 e. The predicted octanol–water partition coefficient (Wildman–Crippen LogP) is 4.52. The summed E-state index contributed by atoms with van der Waals surface area (Å²) in [5.41, 5.74) is 2.91. The summed E-state index contributed by atoms with van der Waals surface area (Å²) in [6, 6.07) is 19.7. The van der Waals surface area contributed by atoms with E-state index in [1.54, 1.807) is 0 Å². The molecular weight excluding hydrogens is 394 g/mol. The van der Waals surface area contributed by atoms with E-state index in [1.165, 1.54) is 11.3 Å². The molecular formula is C24H27N3O2S. The van der Waals surface area contributed by atoms with Crippen molar-refractivity contribution in [1.29, 1.82) is 0 Å². The van der Waals surface area contributed by atoms with E-state index in [-0.39, 0.29) is 24.0 Å². The van der Waals surface area contributed by atoms with Crippen LogP contribution in [0.4, 0.5) is 5.13 Å². The van der Waals surface area contributed by atoms with Crippen molar-refractivity contribution in [3.05, 3.63) is 82.9 Å². The Balaban J connectivity index is 1.47. The number of nitrogens with one attached hydrogen (secondary N) is 1. The average Bonchev–Trinajstić information content (AvgIpc) is 3.15. The SMILES string of the molecule is C[C@@H]1CN(Cc2csc(NC(=O)C(c3ccccc3)c3ccccc3)n2)C[C@@H](C)O1. The molecule has 1 aliphatic rings. The van der Waals surface area contributed by atoms with Crippen molar-refractivity contribution in [1.82, 2.24) is 9.88 Å². The van der Waals surface area contributed by atoms with Gasteiger partial charge in [-0.2, -0.15) is 0 Å². The summed E-state index contributed by atoms with van der Waals surface area (Å²) in [6.07, 6.45) is 0.452. The number of nitrogens with zero attached hydrogens (tertiary/aromatic N) is 2. The Morgan fingerprint density at radius 2 is 1.63 bits per heavy atom. The zero-order valence-corrected chi connectivity index (χ0v) is 18.1. The van der Waals surface area contributed by atoms with Crippen LogP contribution in [-0.4, -0.2) is 41.1 Å². The van der Waals surface area contributed by atoms with Gasteiger partial charge < -0.3 is 10.1 Å². The molecule has 3 aromatic rings. The molecule has 0 bridgehead atoms. The van der Waals surface area contributed by atoms with E-state index in [4.69, 9.17) is 4.74 Å². The molecule has 30 heavy (non-hydrogen) atoms. The van der Waals surface area contributed by atoms with Gasteiger partial charge in [-0.1, -0.05) is 60.7 Å². The average molecular weight is 422 g/mol. The van der Waals surface area contributed by atoms with Crippen LogP contribution in [0, 0.1) is 0 Å². The Kier molecular flexibility index (Phi) is 6.57. The number of thiazole rings is 1. The molecule has 2 aromatic carbocycles. The molecule has 5 nitrogen and oxygen atoms in total. The minimum Gasteiger partial charge on any atom is -0.373 e. The minimum absolute atomic E-state index is 0.0677. The molecule has 156 valence electrons. The van der Waals surface area contributed by atoms with Crippen LogP contribution < -0.4 is 5.32 Å². The van der Waals surface area contributed by atoms with E-state index in [2.05, 4.69) is 29.0 Å². The third-order valence-electron chi connectivity index (χ3n) is 5.19. The Morgan fingerprint density at radius 1 is 1.07 bits per heavy atom. The fourth-order valence-corrected chi connectivity index (χ4v) is 4.75. The van der Waals surface area contributed by atoms with Crippen molar-refractivity contribution in [3.8, 4) is 0 Å². The number of ether oxygens (including phenoxy) is 1. The molecule has 0 radical (unpaired) electrons. The summed E-state index contributed by atoms with van der Waals surface area (Å²) in [4.78, 5) is 20.3. The summed E-state index contributed by atoms with van der Waals surface area (Å²) < 4.78 is 5.81. The molecule has 1 N–H and O–H groups in total. The highest BCUT2D eigenvalue weighted by atomic mass is 32.1. The highest BCUT2D eigenvalue weighted by Gasteiger charge is 2.25. The smallest absolute Gasteiger partial charge is 0.238 e. The van der Waals surface area contributed by atoms with Crippen molar-refractivity contribution < 1.29 is 9.53 Å². The molecule has 1 aliphatic heterocycles. The lowest BCUT2D eigenvalue weighted by atomic mass is 9.90. The van der Waals surface area contributed by atoms with Gasteiger partial charge >= 0.3 is 0 Å². The minimum atomic E-state index is -0.374. The van der Waals surface area contributed by atoms with E-state index in [0.29, 0.717) is 5.13 Å². The third kappa shape index (κ3) is 5.14. The van der Waals surface area contributed by atoms with Crippen molar-refractivity contribution in [2.75, 3.05) is 18.4 Å². The van der Waals surface area contributed by atoms with Crippen LogP contribution in [0.3, 0.4) is 0 Å². The Hall–Kier alpha value is -2.54. The van der Waals surface area contributed by atoms with E-state index >= 15 is 0 Å². The summed E-state index contributed by atoms with van der Waals surface area (Å²) in [6.45, 7) is 6.76. The van der Waals surface area contributed by atoms with E-state index in [9.17, 15) is 4.79 Å². The predicted molar refractivity (Wildman–Crippen MR) is 121 cm³/mol. The second-order valence-corrected chi connectivity index (χ2v) is 8.70. The molecule has 0 saturated carbocycles. The molecule has 0 spiro atoms. The first-order valence-electron chi connectivity index (χ1n) is 10.3. The molecule has 6 heteroatoms. The highest BCUT2D eigenvalue weighted by molar-refractivity contribution is 7.13. The van der Waals surface area contributed by atoms with Gasteiger partial charge in [0.05, 0.1) is 23.8 Å². The Morgan fingerprint density at radius 3 is 2.20 bits per heavy atom. The number of hydrogen-bond donors (Lipinski definition) is 1. The van der Waals surface area contributed by atoms with Gasteiger partial charge in [0, 0.05) is 25.0 Å². The van der Waals surface area contributed by atoms with Crippen LogP contribution in [0.15, 0.2) is 66.0 Å². The standard InChI is InChI=1S/C24H27N3O2S/c1-17-13-27(14-18(2)29-17)15-21-16-30-24(25-21)26-23(28)22(19-9-5-3-6-10-19)20-11-7-4-8-12-20/h3-12,16-18,22H,13-15H2,1-2H3,(H,25,26,28)/t17-,18-/m1/s1. The quantitative estimate of drug-likeness (QED) is 0.636. The molecule has 1 saturated heterocycles. The molecule has 0 aliphatic carbocycles. The number of rotatable bonds is 6. The first-order chi connectivity index (χ1) is 14.6. The second kappa shape index (κ2) is 9.51. The lowest BCUT2D eigenvalue weighted by molar-refractivity contribution is -0.116. The van der Waals surface area contributed by atoms with Gasteiger partial charge in [0.2, 0.25) is 5.91 Å². The fourth-order valence-electron chi connectivity index (χ4n) is 4.04. The van der Waals surface area contributed by atoms with Crippen molar-refractivity contribution in [2.24, 2.45) is 0 Å². The van der Waals surface area contributed by atoms with Crippen LogP contribution >= 0.6 is 11.3 Å². The van der Waals surface area contributed by atoms with E-state index in [1.807, 2.05) is 66.0 Å². The molecule has 1 amide bonds. The lowest BCUT2D eigenvalue weighted by Gasteiger charge is -2.34. The maximum absolute atomic E-state index is 13.2. The number of anilines is 1. The molecule has 2 atom stereocenters. The highest BCUT2D eigenvalue weighted by Crippen LogP contribution is 2.27. The summed E-state index contributed by atoms with van der Waals surface area (Å²) in [5.74, 6) is -0.442. The number of hydrogen-bond acceptors (Lipinski definition) is 5. The Labute approximate surface area is 181 Å². The molecule has 0 unspecified atom stereocenters. The number of amides is 1. The van der Waals surface area contributed by atoms with Gasteiger partial charge in [0.1, 0.15) is 0 Å². The number of aromatic nitrogens is 1. The van der Waals surface area contributed by atoms with Gasteiger partial charge in [-0.3, -0.25) is 9.69 Å². The normalized spacial score (nSPS) is 19.7. The topological polar surface area (TPSA) is 54.5 Å². The fraction of sp³-hybridized carbons (Fsp3) is 0.333. The monoisotopic (exact) mass is 421 g/mol. The van der Waals surface area contributed by atoms with Gasteiger partial charge in [-0.05, 0) is 25.0 Å². The molecule has 1 aromatic heterocycles. The molecule has 1 fully saturated rings. The number of carbonyl (C=O) groups excluding carboxylic acids is 1. The third-order valence-corrected chi connectivity index (χ3v) is 6.00. The van der Waals surface area contributed by atoms with Gasteiger partial charge in [0.25, 0.3) is 0 Å². The van der Waals surface area contributed by atoms with Crippen LogP contribution in [0.5, 0.6) is 0 Å². The largest absolute Gasteiger partial charge is 0.373 e. The Bertz CT molecular complexity index is 911. The van der Waals surface area contributed by atoms with Crippen molar-refractivity contribution in [3.63, 3.8) is 0 Å². The number of morpholine rings is 1. The second-order valence-electron chi connectivity index (χ2n) is 7.84.